The zero-order valence-corrected chi connectivity index (χ0v) is 9.82. The molecule has 0 bridgehead atoms. The number of fused-ring (bicyclic) bond motifs is 1. The van der Waals surface area contributed by atoms with E-state index >= 15 is 0 Å². The lowest BCUT2D eigenvalue weighted by atomic mass is 10.2. The standard InChI is InChI=1S/C13H14N2O3/c16-11(5-8-3-1-2-4-14-8)15-6-9-10(7-15)12(9)13(17)18/h1-4,9-10,12H,5-7H2,(H,17,18)/t9-,10+,12?. The summed E-state index contributed by atoms with van der Waals surface area (Å²) in [5.41, 5.74) is 0.762. The van der Waals surface area contributed by atoms with Gasteiger partial charge in [0.1, 0.15) is 0 Å². The maximum atomic E-state index is 12.0. The largest absolute Gasteiger partial charge is 0.481 e. The first-order valence-electron chi connectivity index (χ1n) is 6.07. The first-order chi connectivity index (χ1) is 8.66. The molecule has 2 aliphatic rings. The van der Waals surface area contributed by atoms with E-state index in [1.165, 1.54) is 0 Å². The van der Waals surface area contributed by atoms with Crippen LogP contribution in [0.3, 0.4) is 0 Å². The van der Waals surface area contributed by atoms with Crippen LogP contribution < -0.4 is 0 Å². The summed E-state index contributed by atoms with van der Waals surface area (Å²) in [5, 5.41) is 8.91. The van der Waals surface area contributed by atoms with Crippen LogP contribution in [0.2, 0.25) is 0 Å². The second-order valence-corrected chi connectivity index (χ2v) is 4.99. The molecule has 1 unspecified atom stereocenters. The molecule has 2 heterocycles. The van der Waals surface area contributed by atoms with E-state index < -0.39 is 5.97 Å². The topological polar surface area (TPSA) is 70.5 Å². The molecule has 2 fully saturated rings. The van der Waals surface area contributed by atoms with Gasteiger partial charge < -0.3 is 10.0 Å². The van der Waals surface area contributed by atoms with E-state index in [4.69, 9.17) is 5.11 Å². The monoisotopic (exact) mass is 246 g/mol. The molecule has 3 rings (SSSR count). The fourth-order valence-electron chi connectivity index (χ4n) is 2.87. The van der Waals surface area contributed by atoms with E-state index in [0.29, 0.717) is 19.5 Å². The number of likely N-dealkylation sites (tertiary alicyclic amines) is 1. The van der Waals surface area contributed by atoms with Gasteiger partial charge in [-0.05, 0) is 24.0 Å². The Bertz CT molecular complexity index is 476. The molecular weight excluding hydrogens is 232 g/mol. The maximum absolute atomic E-state index is 12.0. The molecule has 1 aromatic rings. The van der Waals surface area contributed by atoms with Crippen LogP contribution in [-0.4, -0.2) is 40.0 Å². The normalized spacial score (nSPS) is 28.9. The van der Waals surface area contributed by atoms with Gasteiger partial charge in [0.15, 0.2) is 0 Å². The molecule has 18 heavy (non-hydrogen) atoms. The molecule has 1 N–H and O–H groups in total. The molecule has 1 aliphatic carbocycles. The van der Waals surface area contributed by atoms with Gasteiger partial charge in [-0.1, -0.05) is 6.07 Å². The fraction of sp³-hybridized carbons (Fsp3) is 0.462. The summed E-state index contributed by atoms with van der Waals surface area (Å²) in [6, 6.07) is 5.50. The van der Waals surface area contributed by atoms with Crippen molar-refractivity contribution in [1.29, 1.82) is 0 Å². The van der Waals surface area contributed by atoms with Gasteiger partial charge in [-0.2, -0.15) is 0 Å². The quantitative estimate of drug-likeness (QED) is 0.838. The highest BCUT2D eigenvalue weighted by Crippen LogP contribution is 2.51. The number of hydrogen-bond acceptors (Lipinski definition) is 3. The fourth-order valence-corrected chi connectivity index (χ4v) is 2.87. The van der Waals surface area contributed by atoms with Gasteiger partial charge in [0, 0.05) is 25.0 Å². The summed E-state index contributed by atoms with van der Waals surface area (Å²) in [6.07, 6.45) is 1.97. The number of carboxylic acids is 1. The lowest BCUT2D eigenvalue weighted by Gasteiger charge is -2.18. The molecular formula is C13H14N2O3. The van der Waals surface area contributed by atoms with Crippen LogP contribution in [0.4, 0.5) is 0 Å². The maximum Gasteiger partial charge on any atom is 0.307 e. The summed E-state index contributed by atoms with van der Waals surface area (Å²) in [5.74, 6) is -0.541. The molecule has 1 saturated carbocycles. The predicted molar refractivity (Wildman–Crippen MR) is 62.6 cm³/mol. The molecule has 0 radical (unpaired) electrons. The van der Waals surface area contributed by atoms with Crippen LogP contribution in [0.1, 0.15) is 5.69 Å². The van der Waals surface area contributed by atoms with Crippen LogP contribution in [0.5, 0.6) is 0 Å². The van der Waals surface area contributed by atoms with Crippen molar-refractivity contribution in [3.8, 4) is 0 Å². The minimum atomic E-state index is -0.721. The highest BCUT2D eigenvalue weighted by molar-refractivity contribution is 5.80. The highest BCUT2D eigenvalue weighted by Gasteiger charge is 2.60. The summed E-state index contributed by atoms with van der Waals surface area (Å²) in [7, 11) is 0. The van der Waals surface area contributed by atoms with Gasteiger partial charge in [-0.3, -0.25) is 14.6 Å². The van der Waals surface area contributed by atoms with Crippen LogP contribution in [0, 0.1) is 17.8 Å². The number of aliphatic carboxylic acids is 1. The average Bonchev–Trinajstić information content (AvgIpc) is 2.87. The molecule has 5 nitrogen and oxygen atoms in total. The van der Waals surface area contributed by atoms with Gasteiger partial charge in [-0.25, -0.2) is 0 Å². The summed E-state index contributed by atoms with van der Waals surface area (Å²) in [4.78, 5) is 28.7. The SMILES string of the molecule is O=C(O)C1[C@H]2CN(C(=O)Cc3ccccn3)C[C@@H]12. The number of carbonyl (C=O) groups excluding carboxylic acids is 1. The Labute approximate surface area is 104 Å². The smallest absolute Gasteiger partial charge is 0.307 e. The number of rotatable bonds is 3. The second kappa shape index (κ2) is 4.08. The lowest BCUT2D eigenvalue weighted by Crippen LogP contribution is -2.33. The number of carboxylic acid groups (broad SMARTS) is 1. The van der Waals surface area contributed by atoms with E-state index in [1.807, 2.05) is 18.2 Å². The van der Waals surface area contributed by atoms with Gasteiger partial charge >= 0.3 is 5.97 Å². The molecule has 1 saturated heterocycles. The average molecular weight is 246 g/mol. The minimum absolute atomic E-state index is 0.0463. The number of piperidine rings is 1. The number of carbonyl (C=O) groups is 2. The summed E-state index contributed by atoms with van der Waals surface area (Å²) >= 11 is 0. The second-order valence-electron chi connectivity index (χ2n) is 4.99. The molecule has 1 aromatic heterocycles. The molecule has 0 aromatic carbocycles. The number of amides is 1. The zero-order valence-electron chi connectivity index (χ0n) is 9.82. The van der Waals surface area contributed by atoms with E-state index in [0.717, 1.165) is 5.69 Å². The van der Waals surface area contributed by atoms with Gasteiger partial charge in [-0.15, -0.1) is 0 Å². The third-order valence-electron chi connectivity index (χ3n) is 3.89. The first kappa shape index (κ1) is 11.2. The molecule has 5 heteroatoms. The zero-order chi connectivity index (χ0) is 12.7. The van der Waals surface area contributed by atoms with E-state index in [2.05, 4.69) is 4.98 Å². The third-order valence-corrected chi connectivity index (χ3v) is 3.89. The van der Waals surface area contributed by atoms with Crippen molar-refractivity contribution in [3.63, 3.8) is 0 Å². The number of hydrogen-bond donors (Lipinski definition) is 1. The Morgan fingerprint density at radius 2 is 2.06 bits per heavy atom. The third kappa shape index (κ3) is 1.85. The van der Waals surface area contributed by atoms with Crippen LogP contribution in [-0.2, 0) is 16.0 Å². The van der Waals surface area contributed by atoms with Crippen molar-refractivity contribution in [1.82, 2.24) is 9.88 Å². The Morgan fingerprint density at radius 1 is 1.33 bits per heavy atom. The number of nitrogens with zero attached hydrogens (tertiary/aromatic N) is 2. The number of aromatic nitrogens is 1. The Hall–Kier alpha value is -1.91. The summed E-state index contributed by atoms with van der Waals surface area (Å²) < 4.78 is 0. The van der Waals surface area contributed by atoms with E-state index in [-0.39, 0.29) is 23.7 Å². The lowest BCUT2D eigenvalue weighted by molar-refractivity contribution is -0.140. The number of pyridine rings is 1. The van der Waals surface area contributed by atoms with Crippen LogP contribution in [0.25, 0.3) is 0 Å². The minimum Gasteiger partial charge on any atom is -0.481 e. The predicted octanol–water partition coefficient (Wildman–Crippen LogP) is 0.413. The van der Waals surface area contributed by atoms with Crippen LogP contribution >= 0.6 is 0 Å². The molecule has 94 valence electrons. The van der Waals surface area contributed by atoms with Crippen molar-refractivity contribution in [3.05, 3.63) is 30.1 Å². The summed E-state index contributed by atoms with van der Waals surface area (Å²) in [6.45, 7) is 1.18. The van der Waals surface area contributed by atoms with Gasteiger partial charge in [0.2, 0.25) is 5.91 Å². The van der Waals surface area contributed by atoms with E-state index in [9.17, 15) is 9.59 Å². The van der Waals surface area contributed by atoms with Crippen molar-refractivity contribution in [2.24, 2.45) is 17.8 Å². The van der Waals surface area contributed by atoms with Crippen molar-refractivity contribution in [2.45, 2.75) is 6.42 Å². The Balaban J connectivity index is 1.56. The van der Waals surface area contributed by atoms with Crippen molar-refractivity contribution < 1.29 is 14.7 Å². The van der Waals surface area contributed by atoms with Gasteiger partial charge in [0.25, 0.3) is 0 Å². The molecule has 3 atom stereocenters. The van der Waals surface area contributed by atoms with Crippen molar-refractivity contribution in [2.75, 3.05) is 13.1 Å². The van der Waals surface area contributed by atoms with Crippen LogP contribution in [0.15, 0.2) is 24.4 Å². The molecule has 0 spiro atoms. The first-order valence-corrected chi connectivity index (χ1v) is 6.07. The van der Waals surface area contributed by atoms with Crippen molar-refractivity contribution >= 4 is 11.9 Å². The van der Waals surface area contributed by atoms with Gasteiger partial charge in [0.05, 0.1) is 12.3 Å². The molecule has 1 amide bonds. The Morgan fingerprint density at radius 3 is 2.61 bits per heavy atom. The highest BCUT2D eigenvalue weighted by atomic mass is 16.4. The van der Waals surface area contributed by atoms with E-state index in [1.54, 1.807) is 11.1 Å². The Kier molecular flexibility index (Phi) is 2.54. The molecule has 1 aliphatic heterocycles.